The largest absolute Gasteiger partial charge is 0.395 e. The first-order valence-electron chi connectivity index (χ1n) is 8.55. The Kier molecular flexibility index (Phi) is 4.34. The van der Waals surface area contributed by atoms with Gasteiger partial charge in [0, 0.05) is 46.2 Å². The van der Waals surface area contributed by atoms with Crippen molar-refractivity contribution in [2.75, 3.05) is 30.0 Å². The molecule has 0 saturated carbocycles. The molecule has 1 aliphatic heterocycles. The third-order valence-electron chi connectivity index (χ3n) is 4.80. The molecular weight excluding hydrogens is 364 g/mol. The van der Waals surface area contributed by atoms with E-state index < -0.39 is 0 Å². The third-order valence-corrected chi connectivity index (χ3v) is 5.03. The van der Waals surface area contributed by atoms with Gasteiger partial charge in [0.1, 0.15) is 0 Å². The van der Waals surface area contributed by atoms with Gasteiger partial charge in [0.15, 0.2) is 0 Å². The summed E-state index contributed by atoms with van der Waals surface area (Å²) in [6, 6.07) is 15.7. The number of carbonyl (C=O) groups is 2. The van der Waals surface area contributed by atoms with Crippen molar-refractivity contribution in [2.24, 2.45) is 0 Å². The van der Waals surface area contributed by atoms with E-state index in [1.54, 1.807) is 36.4 Å². The van der Waals surface area contributed by atoms with E-state index in [0.717, 1.165) is 11.1 Å². The predicted octanol–water partition coefficient (Wildman–Crippen LogP) is 3.72. The molecule has 5 nitrogen and oxygen atoms in total. The number of amides is 2. The minimum atomic E-state index is -0.373. The standard InChI is InChI=1S/C21H17ClN2O3/c1-23(10-11-25)18-9-8-17-19-15(18)6-3-7-16(19)20(26)24(21(17)27)14-5-2-4-13(22)12-14/h2-9,12,25H,10-11H2,1H3. The zero-order valence-corrected chi connectivity index (χ0v) is 15.4. The van der Waals surface area contributed by atoms with E-state index in [-0.39, 0.29) is 18.4 Å². The number of hydrogen-bond acceptors (Lipinski definition) is 4. The van der Waals surface area contributed by atoms with Crippen LogP contribution < -0.4 is 9.80 Å². The molecule has 0 aliphatic carbocycles. The lowest BCUT2D eigenvalue weighted by atomic mass is 9.92. The van der Waals surface area contributed by atoms with E-state index in [1.165, 1.54) is 4.90 Å². The van der Waals surface area contributed by atoms with Crippen LogP contribution in [0.2, 0.25) is 5.02 Å². The lowest BCUT2D eigenvalue weighted by molar-refractivity contribution is 0.0893. The fraction of sp³-hybridized carbons (Fsp3) is 0.143. The van der Waals surface area contributed by atoms with Crippen molar-refractivity contribution < 1.29 is 14.7 Å². The molecular formula is C21H17ClN2O3. The summed E-state index contributed by atoms with van der Waals surface area (Å²) in [6.45, 7) is 0.467. The van der Waals surface area contributed by atoms with Gasteiger partial charge >= 0.3 is 0 Å². The zero-order valence-electron chi connectivity index (χ0n) is 14.6. The van der Waals surface area contributed by atoms with Crippen LogP contribution in [0.15, 0.2) is 54.6 Å². The number of aliphatic hydroxyl groups is 1. The average molecular weight is 381 g/mol. The van der Waals surface area contributed by atoms with Crippen LogP contribution in [-0.4, -0.2) is 37.1 Å². The fourth-order valence-corrected chi connectivity index (χ4v) is 3.72. The Balaban J connectivity index is 1.93. The first-order valence-corrected chi connectivity index (χ1v) is 8.93. The van der Waals surface area contributed by atoms with Crippen LogP contribution in [0.5, 0.6) is 0 Å². The Bertz CT molecular complexity index is 1060. The predicted molar refractivity (Wildman–Crippen MR) is 107 cm³/mol. The van der Waals surface area contributed by atoms with Gasteiger partial charge in [-0.1, -0.05) is 29.8 Å². The molecule has 136 valence electrons. The Morgan fingerprint density at radius 3 is 2.41 bits per heavy atom. The number of rotatable bonds is 4. The highest BCUT2D eigenvalue weighted by atomic mass is 35.5. The van der Waals surface area contributed by atoms with Crippen molar-refractivity contribution in [3.8, 4) is 0 Å². The van der Waals surface area contributed by atoms with Gasteiger partial charge in [0.05, 0.1) is 12.3 Å². The number of benzene rings is 3. The smallest absolute Gasteiger partial charge is 0.265 e. The number of nitrogens with zero attached hydrogens (tertiary/aromatic N) is 2. The van der Waals surface area contributed by atoms with Gasteiger partial charge in [-0.25, -0.2) is 4.90 Å². The molecule has 2 amide bonds. The Morgan fingerprint density at radius 2 is 1.70 bits per heavy atom. The molecule has 0 spiro atoms. The monoisotopic (exact) mass is 380 g/mol. The molecule has 0 aromatic heterocycles. The second-order valence-corrected chi connectivity index (χ2v) is 6.87. The minimum Gasteiger partial charge on any atom is -0.395 e. The van der Waals surface area contributed by atoms with Gasteiger partial charge in [-0.2, -0.15) is 0 Å². The summed E-state index contributed by atoms with van der Waals surface area (Å²) in [5.41, 5.74) is 2.26. The van der Waals surface area contributed by atoms with Gasteiger partial charge in [0.2, 0.25) is 0 Å². The number of anilines is 2. The maximum absolute atomic E-state index is 13.1. The maximum atomic E-state index is 13.1. The molecule has 1 N–H and O–H groups in total. The summed E-state index contributed by atoms with van der Waals surface area (Å²) in [4.78, 5) is 29.4. The molecule has 0 saturated heterocycles. The summed E-state index contributed by atoms with van der Waals surface area (Å²) in [6.07, 6.45) is 0. The quantitative estimate of drug-likeness (QED) is 0.701. The van der Waals surface area contributed by atoms with Crippen LogP contribution in [0.1, 0.15) is 20.7 Å². The number of aliphatic hydroxyl groups excluding tert-OH is 1. The SMILES string of the molecule is CN(CCO)c1ccc2c3c(cccc13)C(=O)N(c1cccc(Cl)c1)C2=O. The molecule has 0 atom stereocenters. The second-order valence-electron chi connectivity index (χ2n) is 6.43. The summed E-state index contributed by atoms with van der Waals surface area (Å²) < 4.78 is 0. The fourth-order valence-electron chi connectivity index (χ4n) is 3.53. The molecule has 6 heteroatoms. The molecule has 1 aliphatic rings. The lowest BCUT2D eigenvalue weighted by Crippen LogP contribution is -2.40. The minimum absolute atomic E-state index is 0.0137. The van der Waals surface area contributed by atoms with E-state index in [2.05, 4.69) is 0 Å². The molecule has 3 aromatic carbocycles. The normalized spacial score (nSPS) is 13.4. The Labute approximate surface area is 161 Å². The molecule has 0 bridgehead atoms. The second kappa shape index (κ2) is 6.68. The van der Waals surface area contributed by atoms with Crippen LogP contribution in [0, 0.1) is 0 Å². The highest BCUT2D eigenvalue weighted by Crippen LogP contribution is 2.37. The van der Waals surface area contributed by atoms with Gasteiger partial charge in [-0.3, -0.25) is 9.59 Å². The number of carbonyl (C=O) groups excluding carboxylic acids is 2. The van der Waals surface area contributed by atoms with Crippen molar-refractivity contribution in [3.63, 3.8) is 0 Å². The van der Waals surface area contributed by atoms with Crippen molar-refractivity contribution in [1.82, 2.24) is 0 Å². The molecule has 1 heterocycles. The molecule has 0 radical (unpaired) electrons. The van der Waals surface area contributed by atoms with E-state index in [4.69, 9.17) is 11.6 Å². The van der Waals surface area contributed by atoms with Crippen molar-refractivity contribution in [2.45, 2.75) is 0 Å². The van der Waals surface area contributed by atoms with Crippen LogP contribution in [-0.2, 0) is 0 Å². The van der Waals surface area contributed by atoms with Crippen molar-refractivity contribution >= 4 is 45.6 Å². The molecule has 4 rings (SSSR count). The van der Waals surface area contributed by atoms with Crippen LogP contribution in [0.3, 0.4) is 0 Å². The Hall–Kier alpha value is -2.89. The van der Waals surface area contributed by atoms with Crippen LogP contribution in [0.4, 0.5) is 11.4 Å². The summed E-state index contributed by atoms with van der Waals surface area (Å²) in [5.74, 6) is -0.746. The van der Waals surface area contributed by atoms with Crippen molar-refractivity contribution in [3.05, 3.63) is 70.7 Å². The molecule has 3 aromatic rings. The van der Waals surface area contributed by atoms with E-state index in [9.17, 15) is 14.7 Å². The number of halogens is 1. The number of likely N-dealkylation sites (N-methyl/N-ethyl adjacent to an activating group) is 1. The van der Waals surface area contributed by atoms with Gasteiger partial charge in [-0.05, 0) is 36.4 Å². The molecule has 0 fully saturated rings. The highest BCUT2D eigenvalue weighted by molar-refractivity contribution is 6.37. The summed E-state index contributed by atoms with van der Waals surface area (Å²) in [7, 11) is 1.87. The van der Waals surface area contributed by atoms with Crippen LogP contribution >= 0.6 is 11.6 Å². The van der Waals surface area contributed by atoms with Crippen molar-refractivity contribution in [1.29, 1.82) is 0 Å². The number of hydrogen-bond donors (Lipinski definition) is 1. The first-order chi connectivity index (χ1) is 13.0. The molecule has 0 unspecified atom stereocenters. The van der Waals surface area contributed by atoms with E-state index in [1.807, 2.05) is 30.1 Å². The van der Waals surface area contributed by atoms with Gasteiger partial charge in [-0.15, -0.1) is 0 Å². The summed E-state index contributed by atoms with van der Waals surface area (Å²) in [5, 5.41) is 11.2. The lowest BCUT2D eigenvalue weighted by Gasteiger charge is -2.29. The van der Waals surface area contributed by atoms with E-state index in [0.29, 0.717) is 33.8 Å². The maximum Gasteiger partial charge on any atom is 0.265 e. The van der Waals surface area contributed by atoms with E-state index >= 15 is 0 Å². The Morgan fingerprint density at radius 1 is 1.00 bits per heavy atom. The average Bonchev–Trinajstić information content (AvgIpc) is 2.66. The third kappa shape index (κ3) is 2.76. The summed E-state index contributed by atoms with van der Waals surface area (Å²) >= 11 is 6.05. The number of imide groups is 1. The molecule has 27 heavy (non-hydrogen) atoms. The van der Waals surface area contributed by atoms with Gasteiger partial charge < -0.3 is 10.0 Å². The van der Waals surface area contributed by atoms with Gasteiger partial charge in [0.25, 0.3) is 11.8 Å². The highest BCUT2D eigenvalue weighted by Gasteiger charge is 2.34. The topological polar surface area (TPSA) is 60.9 Å². The first kappa shape index (κ1) is 17.5. The zero-order chi connectivity index (χ0) is 19.1. The van der Waals surface area contributed by atoms with Crippen LogP contribution in [0.25, 0.3) is 10.8 Å².